The van der Waals surface area contributed by atoms with E-state index in [9.17, 15) is 0 Å². The Balaban J connectivity index is 1.87. The number of imidazole rings is 1. The Morgan fingerprint density at radius 1 is 0.931 bits per heavy atom. The van der Waals surface area contributed by atoms with Crippen LogP contribution in [0.2, 0.25) is 0 Å². The van der Waals surface area contributed by atoms with E-state index in [0.29, 0.717) is 0 Å². The van der Waals surface area contributed by atoms with Crippen molar-refractivity contribution in [3.8, 4) is 0 Å². The molecular weight excluding hydrogens is 354 g/mol. The Bertz CT molecular complexity index is 900. The van der Waals surface area contributed by atoms with Gasteiger partial charge in [0.2, 0.25) is 0 Å². The quantitative estimate of drug-likeness (QED) is 0.543. The summed E-state index contributed by atoms with van der Waals surface area (Å²) in [4.78, 5) is 5.04. The van der Waals surface area contributed by atoms with Gasteiger partial charge in [-0.05, 0) is 57.6 Å². The van der Waals surface area contributed by atoms with Gasteiger partial charge in [-0.2, -0.15) is 0 Å². The van der Waals surface area contributed by atoms with Crippen molar-refractivity contribution in [3.05, 3.63) is 88.5 Å². The Kier molecular flexibility index (Phi) is 6.92. The number of aromatic nitrogens is 2. The largest absolute Gasteiger partial charge is 0.327 e. The summed E-state index contributed by atoms with van der Waals surface area (Å²) in [5, 5.41) is 0. The summed E-state index contributed by atoms with van der Waals surface area (Å²) < 4.78 is 2.43. The zero-order valence-electron chi connectivity index (χ0n) is 18.4. The number of hydrogen-bond donors (Lipinski definition) is 1. The molecule has 0 bridgehead atoms. The van der Waals surface area contributed by atoms with Crippen molar-refractivity contribution < 1.29 is 0 Å². The molecule has 3 heteroatoms. The summed E-state index contributed by atoms with van der Waals surface area (Å²) in [5.74, 6) is 1.12. The number of nitrogens with two attached hydrogens (primary N) is 1. The standard InChI is InChI=1S/C26H35N3/c1-5-23-24(13-9-12-21-10-7-6-8-11-21)29(25(28-23)18-26(3,4)27)19-22-16-14-20(2)15-17-22/h6-8,10-11,14-17H,5,9,12-13,18-19,27H2,1-4H3. The van der Waals surface area contributed by atoms with Gasteiger partial charge >= 0.3 is 0 Å². The third-order valence-electron chi connectivity index (χ3n) is 5.37. The maximum absolute atomic E-state index is 6.37. The molecule has 3 nitrogen and oxygen atoms in total. The lowest BCUT2D eigenvalue weighted by molar-refractivity contribution is 0.487. The predicted octanol–water partition coefficient (Wildman–Crippen LogP) is 5.26. The van der Waals surface area contributed by atoms with Crippen LogP contribution in [-0.2, 0) is 32.2 Å². The fourth-order valence-corrected chi connectivity index (χ4v) is 3.86. The average molecular weight is 390 g/mol. The van der Waals surface area contributed by atoms with Crippen molar-refractivity contribution in [2.45, 2.75) is 71.9 Å². The van der Waals surface area contributed by atoms with E-state index in [1.54, 1.807) is 0 Å². The molecule has 29 heavy (non-hydrogen) atoms. The van der Waals surface area contributed by atoms with Crippen LogP contribution in [0.4, 0.5) is 0 Å². The molecule has 0 aliphatic rings. The van der Waals surface area contributed by atoms with E-state index in [-0.39, 0.29) is 5.54 Å². The molecule has 2 N–H and O–H groups in total. The topological polar surface area (TPSA) is 43.8 Å². The summed E-state index contributed by atoms with van der Waals surface area (Å²) in [7, 11) is 0. The third kappa shape index (κ3) is 6.04. The van der Waals surface area contributed by atoms with Crippen molar-refractivity contribution in [3.63, 3.8) is 0 Å². The van der Waals surface area contributed by atoms with Crippen molar-refractivity contribution in [2.24, 2.45) is 5.73 Å². The van der Waals surface area contributed by atoms with Gasteiger partial charge in [0.1, 0.15) is 5.82 Å². The van der Waals surface area contributed by atoms with E-state index in [4.69, 9.17) is 10.7 Å². The first-order valence-electron chi connectivity index (χ1n) is 10.8. The number of benzene rings is 2. The Morgan fingerprint density at radius 2 is 1.62 bits per heavy atom. The highest BCUT2D eigenvalue weighted by molar-refractivity contribution is 5.26. The van der Waals surface area contributed by atoms with Crippen molar-refractivity contribution >= 4 is 0 Å². The molecular formula is C26H35N3. The zero-order chi connectivity index (χ0) is 20.9. The van der Waals surface area contributed by atoms with E-state index in [1.165, 1.54) is 28.1 Å². The minimum absolute atomic E-state index is 0.275. The molecule has 0 radical (unpaired) electrons. The lowest BCUT2D eigenvalue weighted by atomic mass is 10.0. The fourth-order valence-electron chi connectivity index (χ4n) is 3.86. The van der Waals surface area contributed by atoms with Gasteiger partial charge in [-0.3, -0.25) is 0 Å². The van der Waals surface area contributed by atoms with Crippen molar-refractivity contribution in [1.82, 2.24) is 9.55 Å². The molecule has 3 rings (SSSR count). The number of aryl methyl sites for hydroxylation is 3. The Morgan fingerprint density at radius 3 is 2.24 bits per heavy atom. The van der Waals surface area contributed by atoms with Gasteiger partial charge in [-0.25, -0.2) is 4.98 Å². The van der Waals surface area contributed by atoms with E-state index in [1.807, 2.05) is 0 Å². The van der Waals surface area contributed by atoms with Gasteiger partial charge in [-0.1, -0.05) is 67.1 Å². The average Bonchev–Trinajstić information content (AvgIpc) is 2.99. The summed E-state index contributed by atoms with van der Waals surface area (Å²) in [6.07, 6.45) is 5.01. The molecule has 0 spiro atoms. The van der Waals surface area contributed by atoms with E-state index >= 15 is 0 Å². The molecule has 2 aromatic carbocycles. The maximum atomic E-state index is 6.37. The first-order valence-corrected chi connectivity index (χ1v) is 10.8. The smallest absolute Gasteiger partial charge is 0.111 e. The molecule has 1 aromatic heterocycles. The minimum atomic E-state index is -0.275. The third-order valence-corrected chi connectivity index (χ3v) is 5.37. The maximum Gasteiger partial charge on any atom is 0.111 e. The number of rotatable bonds is 9. The highest BCUT2D eigenvalue weighted by Gasteiger charge is 2.21. The van der Waals surface area contributed by atoms with Crippen LogP contribution in [-0.4, -0.2) is 15.1 Å². The van der Waals surface area contributed by atoms with Crippen LogP contribution in [0.3, 0.4) is 0 Å². The zero-order valence-corrected chi connectivity index (χ0v) is 18.4. The van der Waals surface area contributed by atoms with Crippen LogP contribution in [0, 0.1) is 6.92 Å². The molecule has 0 aliphatic heterocycles. The van der Waals surface area contributed by atoms with Gasteiger partial charge in [-0.15, -0.1) is 0 Å². The molecule has 0 fully saturated rings. The molecule has 0 atom stereocenters. The van der Waals surface area contributed by atoms with Gasteiger partial charge in [0.25, 0.3) is 0 Å². The van der Waals surface area contributed by atoms with Crippen molar-refractivity contribution in [2.75, 3.05) is 0 Å². The second-order valence-electron chi connectivity index (χ2n) is 8.85. The van der Waals surface area contributed by atoms with Crippen LogP contribution in [0.1, 0.15) is 61.1 Å². The Labute approximate surface area is 176 Å². The minimum Gasteiger partial charge on any atom is -0.327 e. The Hall–Kier alpha value is -2.39. The van der Waals surface area contributed by atoms with Gasteiger partial charge in [0, 0.05) is 24.2 Å². The molecule has 0 saturated heterocycles. The van der Waals surface area contributed by atoms with Gasteiger partial charge < -0.3 is 10.3 Å². The van der Waals surface area contributed by atoms with Crippen LogP contribution in [0.15, 0.2) is 54.6 Å². The molecule has 3 aromatic rings. The van der Waals surface area contributed by atoms with Crippen LogP contribution in [0.5, 0.6) is 0 Å². The molecule has 0 aliphatic carbocycles. The summed E-state index contributed by atoms with van der Waals surface area (Å²) in [6.45, 7) is 9.36. The predicted molar refractivity (Wildman–Crippen MR) is 122 cm³/mol. The first kappa shape index (κ1) is 21.3. The van der Waals surface area contributed by atoms with Crippen LogP contribution >= 0.6 is 0 Å². The SMILES string of the molecule is CCc1nc(CC(C)(C)N)n(Cc2ccc(C)cc2)c1CCCc1ccccc1. The van der Waals surface area contributed by atoms with Crippen molar-refractivity contribution in [1.29, 1.82) is 0 Å². The highest BCUT2D eigenvalue weighted by atomic mass is 15.1. The second-order valence-corrected chi connectivity index (χ2v) is 8.85. The molecule has 0 saturated carbocycles. The summed E-state index contributed by atoms with van der Waals surface area (Å²) in [6, 6.07) is 19.6. The van der Waals surface area contributed by atoms with E-state index in [0.717, 1.165) is 44.5 Å². The number of nitrogens with zero attached hydrogens (tertiary/aromatic N) is 2. The molecule has 0 unspecified atom stereocenters. The normalized spacial score (nSPS) is 11.8. The monoisotopic (exact) mass is 389 g/mol. The molecule has 154 valence electrons. The second kappa shape index (κ2) is 9.41. The van der Waals surface area contributed by atoms with Gasteiger partial charge in [0.15, 0.2) is 0 Å². The fraction of sp³-hybridized carbons (Fsp3) is 0.423. The number of hydrogen-bond acceptors (Lipinski definition) is 2. The van der Waals surface area contributed by atoms with Gasteiger partial charge in [0.05, 0.1) is 5.69 Å². The first-order chi connectivity index (χ1) is 13.9. The lowest BCUT2D eigenvalue weighted by Crippen LogP contribution is -2.35. The lowest BCUT2D eigenvalue weighted by Gasteiger charge is -2.20. The molecule has 1 heterocycles. The molecule has 0 amide bonds. The van der Waals surface area contributed by atoms with Crippen LogP contribution in [0.25, 0.3) is 0 Å². The van der Waals surface area contributed by atoms with E-state index in [2.05, 4.69) is 86.9 Å². The summed E-state index contributed by atoms with van der Waals surface area (Å²) >= 11 is 0. The summed E-state index contributed by atoms with van der Waals surface area (Å²) in [5.41, 5.74) is 12.7. The van der Waals surface area contributed by atoms with E-state index < -0.39 is 0 Å². The van der Waals surface area contributed by atoms with Crippen LogP contribution < -0.4 is 5.73 Å². The highest BCUT2D eigenvalue weighted by Crippen LogP contribution is 2.21.